The second-order valence-electron chi connectivity index (χ2n) is 4.49. The number of allylic oxidation sites excluding steroid dienone is 1. The first-order chi connectivity index (χ1) is 8.98. The van der Waals surface area contributed by atoms with Crippen molar-refractivity contribution in [2.75, 3.05) is 6.54 Å². The van der Waals surface area contributed by atoms with E-state index in [2.05, 4.69) is 11.6 Å². The van der Waals surface area contributed by atoms with Crippen LogP contribution in [0, 0.1) is 0 Å². The smallest absolute Gasteiger partial charge is 0.550 e. The number of aliphatic carboxylic acids is 1. The molecule has 0 spiro atoms. The average Bonchev–Trinajstić information content (AvgIpc) is 2.31. The van der Waals surface area contributed by atoms with Crippen LogP contribution in [0.4, 0.5) is 0 Å². The summed E-state index contributed by atoms with van der Waals surface area (Å²) in [7, 11) is -3.50. The summed E-state index contributed by atoms with van der Waals surface area (Å²) in [6.07, 6.45) is 9.03. The predicted molar refractivity (Wildman–Crippen MR) is 73.7 cm³/mol. The summed E-state index contributed by atoms with van der Waals surface area (Å²) in [6, 6.07) is 0. The van der Waals surface area contributed by atoms with Crippen LogP contribution < -0.4 is 39.4 Å². The van der Waals surface area contributed by atoms with E-state index in [4.69, 9.17) is 0 Å². The molecule has 0 bridgehead atoms. The van der Waals surface area contributed by atoms with Crippen molar-refractivity contribution in [2.45, 2.75) is 58.3 Å². The Kier molecular flexibility index (Phi) is 15.8. The van der Waals surface area contributed by atoms with Crippen LogP contribution in [-0.2, 0) is 14.8 Å². The molecule has 0 saturated heterocycles. The zero-order valence-electron chi connectivity index (χ0n) is 12.6. The fraction of sp³-hybridized carbons (Fsp3) is 0.769. The van der Waals surface area contributed by atoms with Crippen LogP contribution in [0.3, 0.4) is 0 Å². The van der Waals surface area contributed by atoms with Crippen molar-refractivity contribution in [3.05, 3.63) is 11.5 Å². The van der Waals surface area contributed by atoms with Gasteiger partial charge in [0, 0.05) is 24.3 Å². The van der Waals surface area contributed by atoms with E-state index < -0.39 is 16.0 Å². The van der Waals surface area contributed by atoms with Gasteiger partial charge in [-0.3, -0.25) is 0 Å². The van der Waals surface area contributed by atoms with Crippen molar-refractivity contribution in [1.82, 2.24) is 4.72 Å². The third kappa shape index (κ3) is 16.2. The first kappa shape index (κ1) is 22.4. The van der Waals surface area contributed by atoms with Crippen molar-refractivity contribution in [3.8, 4) is 0 Å². The maximum Gasteiger partial charge on any atom is 1.00 e. The molecular weight excluding hydrogens is 289 g/mol. The van der Waals surface area contributed by atoms with Crippen molar-refractivity contribution in [3.63, 3.8) is 0 Å². The van der Waals surface area contributed by atoms with Gasteiger partial charge in [0.05, 0.1) is 0 Å². The van der Waals surface area contributed by atoms with Crippen molar-refractivity contribution in [2.24, 2.45) is 0 Å². The number of hydrogen-bond donors (Lipinski definition) is 1. The molecule has 112 valence electrons. The molecule has 0 radical (unpaired) electrons. The maximum atomic E-state index is 11.4. The van der Waals surface area contributed by atoms with Gasteiger partial charge in [0.1, 0.15) is 0 Å². The molecule has 1 N–H and O–H groups in total. The van der Waals surface area contributed by atoms with Gasteiger partial charge in [0.15, 0.2) is 0 Å². The van der Waals surface area contributed by atoms with Crippen LogP contribution >= 0.6 is 0 Å². The van der Waals surface area contributed by atoms with Gasteiger partial charge >= 0.3 is 29.6 Å². The van der Waals surface area contributed by atoms with Gasteiger partial charge in [-0.2, -0.15) is 0 Å². The van der Waals surface area contributed by atoms with Crippen LogP contribution in [0.5, 0.6) is 0 Å². The molecule has 0 heterocycles. The Balaban J connectivity index is 0. The van der Waals surface area contributed by atoms with Gasteiger partial charge in [-0.15, -0.1) is 0 Å². The molecule has 0 fully saturated rings. The van der Waals surface area contributed by atoms with E-state index in [1.54, 1.807) is 6.08 Å². The van der Waals surface area contributed by atoms with Crippen LogP contribution in [-0.4, -0.2) is 20.9 Å². The molecule has 0 unspecified atom stereocenters. The quantitative estimate of drug-likeness (QED) is 0.344. The van der Waals surface area contributed by atoms with Crippen molar-refractivity contribution < 1.29 is 47.9 Å². The van der Waals surface area contributed by atoms with Crippen molar-refractivity contribution >= 4 is 16.0 Å². The van der Waals surface area contributed by atoms with E-state index in [9.17, 15) is 18.3 Å². The molecule has 0 aromatic carbocycles. The number of hydrogen-bond acceptors (Lipinski definition) is 4. The molecule has 5 nitrogen and oxygen atoms in total. The molecular formula is C13H24NNaO4S. The predicted octanol–water partition coefficient (Wildman–Crippen LogP) is -1.69. The Morgan fingerprint density at radius 2 is 1.75 bits per heavy atom. The molecule has 0 amide bonds. The fourth-order valence-electron chi connectivity index (χ4n) is 1.58. The molecule has 0 aliphatic rings. The average molecular weight is 313 g/mol. The van der Waals surface area contributed by atoms with Gasteiger partial charge in [-0.1, -0.05) is 45.1 Å². The molecule has 20 heavy (non-hydrogen) atoms. The van der Waals surface area contributed by atoms with E-state index in [0.717, 1.165) is 24.7 Å². The SMILES string of the molecule is CCCCCCCC/C=C/S(=O)(=O)NCCC(=O)[O-].[Na+]. The molecule has 0 aromatic heterocycles. The van der Waals surface area contributed by atoms with Crippen LogP contribution in [0.15, 0.2) is 11.5 Å². The Morgan fingerprint density at radius 3 is 2.35 bits per heavy atom. The van der Waals surface area contributed by atoms with Gasteiger partial charge in [0.25, 0.3) is 0 Å². The van der Waals surface area contributed by atoms with E-state index >= 15 is 0 Å². The summed E-state index contributed by atoms with van der Waals surface area (Å²) < 4.78 is 24.9. The number of carbonyl (C=O) groups excluding carboxylic acids is 1. The van der Waals surface area contributed by atoms with Crippen LogP contribution in [0.1, 0.15) is 58.3 Å². The summed E-state index contributed by atoms with van der Waals surface area (Å²) in [5.41, 5.74) is 0. The summed E-state index contributed by atoms with van der Waals surface area (Å²) >= 11 is 0. The monoisotopic (exact) mass is 313 g/mol. The van der Waals surface area contributed by atoms with Crippen LogP contribution in [0.25, 0.3) is 0 Å². The molecule has 0 aliphatic heterocycles. The fourth-order valence-corrected chi connectivity index (χ4v) is 2.45. The Labute approximate surface area is 144 Å². The summed E-state index contributed by atoms with van der Waals surface area (Å²) in [6.45, 7) is 2.03. The minimum absolute atomic E-state index is 0. The van der Waals surface area contributed by atoms with Gasteiger partial charge in [-0.25, -0.2) is 13.1 Å². The summed E-state index contributed by atoms with van der Waals surface area (Å²) in [4.78, 5) is 10.1. The first-order valence-electron chi connectivity index (χ1n) is 6.84. The van der Waals surface area contributed by atoms with E-state index in [1.165, 1.54) is 25.7 Å². The number of carboxylic acids is 1. The standard InChI is InChI=1S/C13H25NO4S.Na/c1-2-3-4-5-6-7-8-9-12-19(17,18)14-11-10-13(15)16;/h9,12,14H,2-8,10-11H2,1H3,(H,15,16);/q;+1/p-1/b12-9+;. The number of rotatable bonds is 12. The molecule has 0 aromatic rings. The Morgan fingerprint density at radius 1 is 1.15 bits per heavy atom. The molecule has 0 atom stereocenters. The molecule has 0 aliphatic carbocycles. The largest absolute Gasteiger partial charge is 1.00 e. The Bertz CT molecular complexity index is 369. The number of unbranched alkanes of at least 4 members (excludes halogenated alkanes) is 6. The van der Waals surface area contributed by atoms with E-state index in [-0.39, 0.29) is 42.5 Å². The minimum Gasteiger partial charge on any atom is -0.550 e. The Hall–Kier alpha value is 0.120. The number of sulfonamides is 1. The van der Waals surface area contributed by atoms with E-state index in [1.807, 2.05) is 0 Å². The van der Waals surface area contributed by atoms with Crippen molar-refractivity contribution in [1.29, 1.82) is 0 Å². The van der Waals surface area contributed by atoms with E-state index in [0.29, 0.717) is 0 Å². The second-order valence-corrected chi connectivity index (χ2v) is 6.14. The molecule has 0 rings (SSSR count). The summed E-state index contributed by atoms with van der Waals surface area (Å²) in [5.74, 6) is -1.27. The number of nitrogens with one attached hydrogen (secondary N) is 1. The normalized spacial score (nSPS) is 11.4. The van der Waals surface area contributed by atoms with Crippen LogP contribution in [0.2, 0.25) is 0 Å². The summed E-state index contributed by atoms with van der Waals surface area (Å²) in [5, 5.41) is 11.2. The van der Waals surface area contributed by atoms with Gasteiger partial charge < -0.3 is 9.90 Å². The molecule has 7 heteroatoms. The first-order valence-corrected chi connectivity index (χ1v) is 8.38. The zero-order valence-corrected chi connectivity index (χ0v) is 15.4. The van der Waals surface area contributed by atoms with Gasteiger partial charge in [0.2, 0.25) is 10.0 Å². The van der Waals surface area contributed by atoms with Gasteiger partial charge in [-0.05, 0) is 12.8 Å². The second kappa shape index (κ2) is 14.1. The molecule has 0 saturated carbocycles. The third-order valence-electron chi connectivity index (χ3n) is 2.63. The topological polar surface area (TPSA) is 86.3 Å². The minimum atomic E-state index is -3.50. The maximum absolute atomic E-state index is 11.4. The number of carbonyl (C=O) groups is 1. The third-order valence-corrected chi connectivity index (χ3v) is 3.79. The number of carboxylic acid groups (broad SMARTS) is 1. The zero-order chi connectivity index (χ0) is 14.6.